The second kappa shape index (κ2) is 3.16. The maximum Gasteiger partial charge on any atom is 0.148 e. The van der Waals surface area contributed by atoms with E-state index < -0.39 is 0 Å². The van der Waals surface area contributed by atoms with Gasteiger partial charge < -0.3 is 5.73 Å². The molecule has 70 valence electrons. The van der Waals surface area contributed by atoms with E-state index >= 15 is 0 Å². The van der Waals surface area contributed by atoms with Crippen molar-refractivity contribution >= 4 is 5.84 Å². The van der Waals surface area contributed by atoms with Crippen LogP contribution in [0, 0.1) is 5.92 Å². The van der Waals surface area contributed by atoms with Crippen LogP contribution in [0.25, 0.3) is 0 Å². The number of aryl methyl sites for hydroxylation is 1. The minimum atomic E-state index is 0.535. The first-order valence-electron chi connectivity index (χ1n) is 4.40. The number of amidine groups is 1. The van der Waals surface area contributed by atoms with Gasteiger partial charge in [0.05, 0.1) is 5.84 Å². The second-order valence-corrected chi connectivity index (χ2v) is 3.32. The van der Waals surface area contributed by atoms with E-state index in [9.17, 15) is 0 Å². The summed E-state index contributed by atoms with van der Waals surface area (Å²) >= 11 is 0. The fourth-order valence-electron chi connectivity index (χ4n) is 1.13. The molecule has 0 atom stereocenters. The summed E-state index contributed by atoms with van der Waals surface area (Å²) in [6.07, 6.45) is 3.90. The SMILES string of the molecule is Cn1ncnc1CN=C(N)C1CC1. The van der Waals surface area contributed by atoms with Crippen molar-refractivity contribution in [3.05, 3.63) is 12.2 Å². The summed E-state index contributed by atoms with van der Waals surface area (Å²) in [5.74, 6) is 2.15. The van der Waals surface area contributed by atoms with Gasteiger partial charge >= 0.3 is 0 Å². The molecule has 5 nitrogen and oxygen atoms in total. The Kier molecular flexibility index (Phi) is 2.00. The van der Waals surface area contributed by atoms with Gasteiger partial charge in [0.15, 0.2) is 0 Å². The van der Waals surface area contributed by atoms with Gasteiger partial charge in [0.25, 0.3) is 0 Å². The van der Waals surface area contributed by atoms with Crippen LogP contribution in [0.3, 0.4) is 0 Å². The van der Waals surface area contributed by atoms with Crippen LogP contribution in [0.15, 0.2) is 11.3 Å². The van der Waals surface area contributed by atoms with Crippen molar-refractivity contribution in [2.45, 2.75) is 19.4 Å². The van der Waals surface area contributed by atoms with E-state index in [0.29, 0.717) is 12.5 Å². The third-order valence-electron chi connectivity index (χ3n) is 2.20. The predicted octanol–water partition coefficient (Wildman–Crippen LogP) is 0.0823. The van der Waals surface area contributed by atoms with E-state index in [0.717, 1.165) is 11.7 Å². The molecule has 2 rings (SSSR count). The second-order valence-electron chi connectivity index (χ2n) is 3.32. The zero-order valence-electron chi connectivity index (χ0n) is 7.64. The van der Waals surface area contributed by atoms with Gasteiger partial charge in [-0.3, -0.25) is 9.67 Å². The Morgan fingerprint density at radius 2 is 2.54 bits per heavy atom. The number of nitrogens with two attached hydrogens (primary N) is 1. The highest BCUT2D eigenvalue weighted by atomic mass is 15.3. The summed E-state index contributed by atoms with van der Waals surface area (Å²) in [6.45, 7) is 0.541. The molecule has 0 amide bonds. The van der Waals surface area contributed by atoms with Crippen molar-refractivity contribution in [2.75, 3.05) is 0 Å². The highest BCUT2D eigenvalue weighted by Crippen LogP contribution is 2.28. The molecule has 1 saturated carbocycles. The third-order valence-corrected chi connectivity index (χ3v) is 2.20. The number of hydrogen-bond acceptors (Lipinski definition) is 3. The van der Waals surface area contributed by atoms with Gasteiger partial charge in [-0.05, 0) is 12.8 Å². The van der Waals surface area contributed by atoms with Crippen molar-refractivity contribution in [3.8, 4) is 0 Å². The first-order valence-corrected chi connectivity index (χ1v) is 4.40. The average Bonchev–Trinajstić information content (AvgIpc) is 2.88. The van der Waals surface area contributed by atoms with E-state index in [2.05, 4.69) is 15.1 Å². The van der Waals surface area contributed by atoms with Crippen LogP contribution in [0.5, 0.6) is 0 Å². The van der Waals surface area contributed by atoms with Gasteiger partial charge in [-0.2, -0.15) is 5.10 Å². The summed E-state index contributed by atoms with van der Waals surface area (Å²) in [6, 6.07) is 0. The van der Waals surface area contributed by atoms with Gasteiger partial charge in [0, 0.05) is 13.0 Å². The van der Waals surface area contributed by atoms with Crippen molar-refractivity contribution in [1.29, 1.82) is 0 Å². The molecule has 0 spiro atoms. The van der Waals surface area contributed by atoms with Gasteiger partial charge in [-0.15, -0.1) is 0 Å². The lowest BCUT2D eigenvalue weighted by Gasteiger charge is -1.97. The Balaban J connectivity index is 1.98. The smallest absolute Gasteiger partial charge is 0.148 e. The fourth-order valence-corrected chi connectivity index (χ4v) is 1.13. The molecule has 2 N–H and O–H groups in total. The maximum atomic E-state index is 5.74. The lowest BCUT2D eigenvalue weighted by atomic mass is 10.4. The average molecular weight is 179 g/mol. The monoisotopic (exact) mass is 179 g/mol. The third kappa shape index (κ3) is 1.85. The molecule has 1 aromatic heterocycles. The molecular formula is C8H13N5. The molecule has 0 bridgehead atoms. The molecule has 5 heteroatoms. The van der Waals surface area contributed by atoms with Crippen LogP contribution in [0.1, 0.15) is 18.7 Å². The molecular weight excluding hydrogens is 166 g/mol. The van der Waals surface area contributed by atoms with Gasteiger partial charge in [0.2, 0.25) is 0 Å². The predicted molar refractivity (Wildman–Crippen MR) is 49.1 cm³/mol. The fraction of sp³-hybridized carbons (Fsp3) is 0.625. The first kappa shape index (κ1) is 8.22. The summed E-state index contributed by atoms with van der Waals surface area (Å²) < 4.78 is 1.71. The zero-order valence-corrected chi connectivity index (χ0v) is 7.64. The highest BCUT2D eigenvalue weighted by molar-refractivity contribution is 5.84. The number of rotatable bonds is 3. The summed E-state index contributed by atoms with van der Waals surface area (Å²) in [4.78, 5) is 8.32. The topological polar surface area (TPSA) is 69.1 Å². The standard InChI is InChI=1S/C8H13N5/c1-13-7(11-5-12-13)4-10-8(9)6-2-3-6/h5-6H,2-4H2,1H3,(H2,9,10). The summed E-state index contributed by atoms with van der Waals surface area (Å²) in [7, 11) is 1.85. The molecule has 1 heterocycles. The van der Waals surface area contributed by atoms with Crippen LogP contribution in [0.2, 0.25) is 0 Å². The Labute approximate surface area is 76.7 Å². The Hall–Kier alpha value is -1.39. The molecule has 0 aromatic carbocycles. The molecule has 0 unspecified atom stereocenters. The van der Waals surface area contributed by atoms with Crippen molar-refractivity contribution in [3.63, 3.8) is 0 Å². The van der Waals surface area contributed by atoms with Crippen LogP contribution < -0.4 is 5.73 Å². The molecule has 1 aliphatic carbocycles. The largest absolute Gasteiger partial charge is 0.387 e. The van der Waals surface area contributed by atoms with Crippen molar-refractivity contribution < 1.29 is 0 Å². The molecule has 0 saturated heterocycles. The Bertz CT molecular complexity index is 323. The molecule has 13 heavy (non-hydrogen) atoms. The quantitative estimate of drug-likeness (QED) is 0.528. The van der Waals surface area contributed by atoms with Gasteiger partial charge in [0.1, 0.15) is 18.7 Å². The van der Waals surface area contributed by atoms with Crippen molar-refractivity contribution in [2.24, 2.45) is 23.7 Å². The van der Waals surface area contributed by atoms with E-state index in [1.54, 1.807) is 4.68 Å². The lowest BCUT2D eigenvalue weighted by molar-refractivity contribution is 0.701. The molecule has 1 aromatic rings. The summed E-state index contributed by atoms with van der Waals surface area (Å²) in [5, 5.41) is 3.95. The van der Waals surface area contributed by atoms with Crippen LogP contribution in [-0.2, 0) is 13.6 Å². The lowest BCUT2D eigenvalue weighted by Crippen LogP contribution is -2.14. The zero-order chi connectivity index (χ0) is 9.26. The van der Waals surface area contributed by atoms with Crippen LogP contribution in [0.4, 0.5) is 0 Å². The molecule has 1 aliphatic rings. The maximum absolute atomic E-state index is 5.74. The van der Waals surface area contributed by atoms with E-state index in [-0.39, 0.29) is 0 Å². The number of hydrogen-bond donors (Lipinski definition) is 1. The Morgan fingerprint density at radius 1 is 1.77 bits per heavy atom. The van der Waals surface area contributed by atoms with Gasteiger partial charge in [-0.1, -0.05) is 0 Å². The number of aliphatic imine (C=N–C) groups is 1. The number of nitrogens with zero attached hydrogens (tertiary/aromatic N) is 4. The van der Waals surface area contributed by atoms with Crippen LogP contribution >= 0.6 is 0 Å². The van der Waals surface area contributed by atoms with E-state index in [1.165, 1.54) is 19.2 Å². The molecule has 1 fully saturated rings. The van der Waals surface area contributed by atoms with Crippen LogP contribution in [-0.4, -0.2) is 20.6 Å². The minimum absolute atomic E-state index is 0.535. The first-order chi connectivity index (χ1) is 6.27. The van der Waals surface area contributed by atoms with E-state index in [4.69, 9.17) is 5.73 Å². The molecule has 0 aliphatic heterocycles. The van der Waals surface area contributed by atoms with E-state index in [1.807, 2.05) is 7.05 Å². The highest BCUT2D eigenvalue weighted by Gasteiger charge is 2.25. The van der Waals surface area contributed by atoms with Crippen molar-refractivity contribution in [1.82, 2.24) is 14.8 Å². The summed E-state index contributed by atoms with van der Waals surface area (Å²) in [5.41, 5.74) is 5.74. The molecule has 0 radical (unpaired) electrons. The minimum Gasteiger partial charge on any atom is -0.387 e. The normalized spacial score (nSPS) is 17.8. The Morgan fingerprint density at radius 3 is 3.08 bits per heavy atom. The van der Waals surface area contributed by atoms with Gasteiger partial charge in [-0.25, -0.2) is 4.98 Å². The number of aromatic nitrogens is 3.